The van der Waals surface area contributed by atoms with E-state index in [-0.39, 0.29) is 34.4 Å². The predicted molar refractivity (Wildman–Crippen MR) is 82.1 cm³/mol. The number of aromatic nitrogens is 3. The maximum atomic E-state index is 12.2. The molecule has 23 heavy (non-hydrogen) atoms. The van der Waals surface area contributed by atoms with Crippen molar-refractivity contribution >= 4 is 29.0 Å². The molecule has 1 saturated carbocycles. The van der Waals surface area contributed by atoms with E-state index >= 15 is 0 Å². The van der Waals surface area contributed by atoms with Crippen LogP contribution in [0.5, 0.6) is 0 Å². The second-order valence-corrected chi connectivity index (χ2v) is 5.67. The number of carbonyl (C=O) groups excluding carboxylic acids is 1. The Hall–Kier alpha value is -2.61. The number of nitrogens with one attached hydrogen (secondary N) is 1. The van der Waals surface area contributed by atoms with Gasteiger partial charge >= 0.3 is 0 Å². The van der Waals surface area contributed by atoms with Crippen LogP contribution < -0.4 is 5.32 Å². The summed E-state index contributed by atoms with van der Waals surface area (Å²) in [5, 5.41) is 13.3. The second kappa shape index (κ2) is 5.88. The zero-order valence-corrected chi connectivity index (χ0v) is 12.8. The van der Waals surface area contributed by atoms with Crippen LogP contribution in [0.25, 0.3) is 0 Å². The molecule has 1 N–H and O–H groups in total. The van der Waals surface area contributed by atoms with Crippen LogP contribution in [0.15, 0.2) is 24.4 Å². The molecule has 0 aliphatic heterocycles. The lowest BCUT2D eigenvalue weighted by molar-refractivity contribution is -0.384. The van der Waals surface area contributed by atoms with Gasteiger partial charge in [0.15, 0.2) is 0 Å². The topological polar surface area (TPSA) is 111 Å². The van der Waals surface area contributed by atoms with E-state index in [1.54, 1.807) is 12.3 Å². The lowest BCUT2D eigenvalue weighted by Crippen LogP contribution is -2.16. The molecule has 2 atom stereocenters. The Labute approximate surface area is 136 Å². The van der Waals surface area contributed by atoms with Gasteiger partial charge < -0.3 is 5.32 Å². The van der Waals surface area contributed by atoms with Gasteiger partial charge in [-0.1, -0.05) is 11.6 Å². The molecular formula is C14H12ClN5O3. The highest BCUT2D eigenvalue weighted by atomic mass is 35.5. The first-order valence-corrected chi connectivity index (χ1v) is 7.24. The number of hydrogen-bond donors (Lipinski definition) is 1. The van der Waals surface area contributed by atoms with Crippen molar-refractivity contribution in [2.45, 2.75) is 19.3 Å². The molecule has 1 amide bonds. The van der Waals surface area contributed by atoms with E-state index in [9.17, 15) is 14.9 Å². The van der Waals surface area contributed by atoms with Gasteiger partial charge in [0.05, 0.1) is 17.1 Å². The second-order valence-electron chi connectivity index (χ2n) is 5.28. The fraction of sp³-hybridized carbons (Fsp3) is 0.286. The van der Waals surface area contributed by atoms with Crippen LogP contribution in [0.4, 0.5) is 11.5 Å². The summed E-state index contributed by atoms with van der Waals surface area (Å²) in [7, 11) is 0. The Bertz CT molecular complexity index is 798. The molecule has 8 nitrogen and oxygen atoms in total. The van der Waals surface area contributed by atoms with Gasteiger partial charge in [0.25, 0.3) is 5.69 Å². The lowest BCUT2D eigenvalue weighted by atomic mass is 10.2. The largest absolute Gasteiger partial charge is 0.310 e. The Morgan fingerprint density at radius 3 is 2.91 bits per heavy atom. The predicted octanol–water partition coefficient (Wildman–Crippen LogP) is 2.48. The number of anilines is 1. The molecular weight excluding hydrogens is 322 g/mol. The molecule has 118 valence electrons. The Morgan fingerprint density at radius 1 is 1.43 bits per heavy atom. The molecule has 2 aromatic rings. The zero-order valence-electron chi connectivity index (χ0n) is 12.1. The van der Waals surface area contributed by atoms with Crippen molar-refractivity contribution < 1.29 is 9.72 Å². The molecule has 0 saturated heterocycles. The summed E-state index contributed by atoms with van der Waals surface area (Å²) in [6.45, 7) is 1.86. The van der Waals surface area contributed by atoms with Crippen LogP contribution in [0, 0.1) is 23.0 Å². The first kappa shape index (κ1) is 15.3. The van der Waals surface area contributed by atoms with Gasteiger partial charge in [0, 0.05) is 23.7 Å². The van der Waals surface area contributed by atoms with Crippen LogP contribution in [-0.2, 0) is 4.79 Å². The molecule has 0 bridgehead atoms. The summed E-state index contributed by atoms with van der Waals surface area (Å²) >= 11 is 5.73. The average molecular weight is 334 g/mol. The van der Waals surface area contributed by atoms with Crippen LogP contribution in [0.2, 0.25) is 5.15 Å². The van der Waals surface area contributed by atoms with E-state index in [4.69, 9.17) is 11.6 Å². The minimum Gasteiger partial charge on any atom is -0.310 e. The molecule has 3 rings (SSSR count). The van der Waals surface area contributed by atoms with E-state index in [2.05, 4.69) is 20.3 Å². The van der Waals surface area contributed by atoms with Crippen molar-refractivity contribution in [3.05, 3.63) is 51.2 Å². The third-order valence-corrected chi connectivity index (χ3v) is 3.71. The fourth-order valence-corrected chi connectivity index (χ4v) is 2.49. The van der Waals surface area contributed by atoms with Crippen molar-refractivity contribution in [3.63, 3.8) is 0 Å². The number of aryl methyl sites for hydroxylation is 1. The van der Waals surface area contributed by atoms with Gasteiger partial charge in [-0.05, 0) is 19.4 Å². The maximum Gasteiger partial charge on any atom is 0.276 e. The van der Waals surface area contributed by atoms with Crippen molar-refractivity contribution in [1.29, 1.82) is 0 Å². The van der Waals surface area contributed by atoms with Gasteiger partial charge in [-0.2, -0.15) is 0 Å². The fourth-order valence-electron chi connectivity index (χ4n) is 2.29. The van der Waals surface area contributed by atoms with E-state index in [0.717, 1.165) is 11.8 Å². The highest BCUT2D eigenvalue weighted by molar-refractivity contribution is 6.29. The number of hydrogen-bond acceptors (Lipinski definition) is 6. The first-order valence-electron chi connectivity index (χ1n) is 6.86. The molecule has 2 aromatic heterocycles. The Balaban J connectivity index is 1.70. The number of nitrogens with zero attached hydrogens (tertiary/aromatic N) is 4. The average Bonchev–Trinajstić information content (AvgIpc) is 3.27. The van der Waals surface area contributed by atoms with Gasteiger partial charge in [-0.25, -0.2) is 15.0 Å². The summed E-state index contributed by atoms with van der Waals surface area (Å²) in [6, 6.07) is 4.08. The summed E-state index contributed by atoms with van der Waals surface area (Å²) in [5.41, 5.74) is 0.614. The van der Waals surface area contributed by atoms with E-state index < -0.39 is 4.92 Å². The summed E-state index contributed by atoms with van der Waals surface area (Å²) in [6.07, 6.45) is 2.30. The highest BCUT2D eigenvalue weighted by Crippen LogP contribution is 2.46. The lowest BCUT2D eigenvalue weighted by Gasteiger charge is -2.04. The molecule has 0 radical (unpaired) electrons. The van der Waals surface area contributed by atoms with E-state index in [1.165, 1.54) is 6.07 Å². The van der Waals surface area contributed by atoms with E-state index in [1.807, 2.05) is 6.92 Å². The van der Waals surface area contributed by atoms with Crippen molar-refractivity contribution in [2.75, 3.05) is 5.32 Å². The number of amides is 1. The van der Waals surface area contributed by atoms with Crippen LogP contribution >= 0.6 is 11.6 Å². The quantitative estimate of drug-likeness (QED) is 0.522. The standard InChI is InChI=1S/C14H12ClN5O3/c1-7-2-3-16-13(17-7)9-6-10(9)14(21)19-12-5-8(20(22)23)4-11(15)18-12/h2-5,9-10H,6H2,1H3,(H,18,19,21)/t9-,10-/m0/s1. The molecule has 1 aliphatic carbocycles. The van der Waals surface area contributed by atoms with Crippen molar-refractivity contribution in [3.8, 4) is 0 Å². The van der Waals surface area contributed by atoms with Crippen LogP contribution in [0.1, 0.15) is 23.9 Å². The van der Waals surface area contributed by atoms with Crippen molar-refractivity contribution in [1.82, 2.24) is 15.0 Å². The Kier molecular flexibility index (Phi) is 3.91. The normalized spacial score (nSPS) is 19.2. The molecule has 2 heterocycles. The monoisotopic (exact) mass is 333 g/mol. The molecule has 1 aliphatic rings. The van der Waals surface area contributed by atoms with Gasteiger partial charge in [0.1, 0.15) is 16.8 Å². The minimum atomic E-state index is -0.594. The molecule has 1 fully saturated rings. The number of pyridine rings is 1. The number of carbonyl (C=O) groups is 1. The molecule has 0 aromatic carbocycles. The molecule has 0 unspecified atom stereocenters. The third-order valence-electron chi connectivity index (χ3n) is 3.51. The van der Waals surface area contributed by atoms with Crippen LogP contribution in [-0.4, -0.2) is 25.8 Å². The van der Waals surface area contributed by atoms with Gasteiger partial charge in [-0.3, -0.25) is 14.9 Å². The van der Waals surface area contributed by atoms with Gasteiger partial charge in [-0.15, -0.1) is 0 Å². The smallest absolute Gasteiger partial charge is 0.276 e. The summed E-state index contributed by atoms with van der Waals surface area (Å²) in [5.74, 6) is 0.116. The Morgan fingerprint density at radius 2 is 2.22 bits per heavy atom. The first-order chi connectivity index (χ1) is 10.9. The third kappa shape index (κ3) is 3.42. The summed E-state index contributed by atoms with van der Waals surface area (Å²) in [4.78, 5) is 34.8. The highest BCUT2D eigenvalue weighted by Gasteiger charge is 2.46. The number of rotatable bonds is 4. The van der Waals surface area contributed by atoms with Crippen LogP contribution in [0.3, 0.4) is 0 Å². The zero-order chi connectivity index (χ0) is 16.6. The maximum absolute atomic E-state index is 12.2. The number of nitro groups is 1. The molecule has 0 spiro atoms. The molecule has 9 heteroatoms. The minimum absolute atomic E-state index is 0.0379. The SMILES string of the molecule is Cc1ccnc([C@H]2C[C@@H]2C(=O)Nc2cc([N+](=O)[O-])cc(Cl)n2)n1. The number of halogens is 1. The van der Waals surface area contributed by atoms with Gasteiger partial charge in [0.2, 0.25) is 5.91 Å². The summed E-state index contributed by atoms with van der Waals surface area (Å²) < 4.78 is 0. The van der Waals surface area contributed by atoms with Crippen molar-refractivity contribution in [2.24, 2.45) is 5.92 Å². The van der Waals surface area contributed by atoms with E-state index in [0.29, 0.717) is 12.2 Å².